The summed E-state index contributed by atoms with van der Waals surface area (Å²) in [6.45, 7) is 2.78. The van der Waals surface area contributed by atoms with E-state index in [4.69, 9.17) is 17.3 Å². The number of carbonyl (C=O) groups is 1. The Hall–Kier alpha value is -1.06. The Bertz CT molecular complexity index is 445. The number of likely N-dealkylation sites (N-methyl/N-ethyl adjacent to an activating group) is 1. The van der Waals surface area contributed by atoms with Crippen molar-refractivity contribution in [3.8, 4) is 0 Å². The Balaban J connectivity index is 2.52. The number of benzene rings is 1. The van der Waals surface area contributed by atoms with E-state index in [0.717, 1.165) is 21.8 Å². The summed E-state index contributed by atoms with van der Waals surface area (Å²) in [5.74, 6) is -0.00621. The van der Waals surface area contributed by atoms with Crippen molar-refractivity contribution in [3.05, 3.63) is 28.3 Å². The number of nitrogens with zero attached hydrogens (tertiary/aromatic N) is 1. The highest BCUT2D eigenvalue weighted by Gasteiger charge is 2.32. The van der Waals surface area contributed by atoms with Crippen molar-refractivity contribution in [1.82, 2.24) is 0 Å². The summed E-state index contributed by atoms with van der Waals surface area (Å²) in [6.07, 6.45) is 0. The van der Waals surface area contributed by atoms with E-state index in [0.29, 0.717) is 6.54 Å². The molecule has 16 heavy (non-hydrogen) atoms. The summed E-state index contributed by atoms with van der Waals surface area (Å²) in [7, 11) is 1.98. The molecule has 0 spiro atoms. The molecule has 1 aromatic carbocycles. The molecule has 0 saturated heterocycles. The van der Waals surface area contributed by atoms with Gasteiger partial charge in [-0.1, -0.05) is 17.7 Å². The summed E-state index contributed by atoms with van der Waals surface area (Å²) in [5, 5.41) is 0.742. The van der Waals surface area contributed by atoms with Crippen LogP contribution in [0.25, 0.3) is 0 Å². The largest absolute Gasteiger partial charge is 0.373 e. The van der Waals surface area contributed by atoms with Gasteiger partial charge in [0, 0.05) is 24.3 Å². The van der Waals surface area contributed by atoms with Gasteiger partial charge in [-0.2, -0.15) is 0 Å². The third kappa shape index (κ3) is 1.60. The van der Waals surface area contributed by atoms with E-state index in [1.54, 1.807) is 0 Å². The first-order valence-electron chi connectivity index (χ1n) is 5.29. The number of Topliss-reactive ketones (excluding diaryl/α,β-unsaturated/α-hetero) is 1. The van der Waals surface area contributed by atoms with Crippen molar-refractivity contribution in [3.63, 3.8) is 0 Å². The molecule has 0 amide bonds. The molecule has 1 aromatic rings. The molecular weight excluding hydrogens is 224 g/mol. The molecule has 1 unspecified atom stereocenters. The number of hydrogen-bond acceptors (Lipinski definition) is 3. The van der Waals surface area contributed by atoms with Crippen LogP contribution in [0.4, 0.5) is 5.69 Å². The zero-order chi connectivity index (χ0) is 11.9. The lowest BCUT2D eigenvalue weighted by Gasteiger charge is -2.15. The molecule has 2 rings (SSSR count). The highest BCUT2D eigenvalue weighted by atomic mass is 35.5. The number of hydrogen-bond donors (Lipinski definition) is 1. The van der Waals surface area contributed by atoms with Crippen molar-refractivity contribution < 1.29 is 4.79 Å². The van der Waals surface area contributed by atoms with Gasteiger partial charge in [0.15, 0.2) is 5.78 Å². The Labute approximate surface area is 100 Å². The van der Waals surface area contributed by atoms with Gasteiger partial charge in [-0.05, 0) is 24.1 Å². The molecule has 1 heterocycles. The summed E-state index contributed by atoms with van der Waals surface area (Å²) in [6, 6.07) is 3.79. The molecule has 0 radical (unpaired) electrons. The van der Waals surface area contributed by atoms with Crippen LogP contribution in [0.3, 0.4) is 0 Å². The molecule has 2 N–H and O–H groups in total. The molecule has 86 valence electrons. The van der Waals surface area contributed by atoms with Gasteiger partial charge in [-0.15, -0.1) is 0 Å². The fraction of sp³-hybridized carbons (Fsp3) is 0.417. The number of anilines is 1. The molecule has 0 fully saturated rings. The quantitative estimate of drug-likeness (QED) is 0.853. The maximum Gasteiger partial charge on any atom is 0.155 e. The predicted molar refractivity (Wildman–Crippen MR) is 66.3 cm³/mol. The molecule has 0 aliphatic carbocycles. The lowest BCUT2D eigenvalue weighted by atomic mass is 9.95. The van der Waals surface area contributed by atoms with Crippen molar-refractivity contribution in [1.29, 1.82) is 0 Å². The summed E-state index contributed by atoms with van der Waals surface area (Å²) < 4.78 is 0. The van der Waals surface area contributed by atoms with Gasteiger partial charge in [0.1, 0.15) is 0 Å². The predicted octanol–water partition coefficient (Wildman–Crippen LogP) is 1.71. The summed E-state index contributed by atoms with van der Waals surface area (Å²) >= 11 is 6.08. The van der Waals surface area contributed by atoms with Gasteiger partial charge < -0.3 is 10.6 Å². The number of ketones is 1. The van der Waals surface area contributed by atoms with Crippen LogP contribution in [0.2, 0.25) is 5.02 Å². The van der Waals surface area contributed by atoms with E-state index < -0.39 is 0 Å². The zero-order valence-corrected chi connectivity index (χ0v) is 10.2. The van der Waals surface area contributed by atoms with Crippen molar-refractivity contribution in [2.45, 2.75) is 12.8 Å². The van der Waals surface area contributed by atoms with E-state index in [-0.39, 0.29) is 18.2 Å². The average Bonchev–Trinajstić information content (AvgIpc) is 2.61. The minimum absolute atomic E-state index is 0.0901. The van der Waals surface area contributed by atoms with Gasteiger partial charge in [-0.25, -0.2) is 0 Å². The number of rotatable bonds is 2. The fourth-order valence-electron chi connectivity index (χ4n) is 2.37. The highest BCUT2D eigenvalue weighted by Crippen LogP contribution is 2.40. The fourth-order valence-corrected chi connectivity index (χ4v) is 2.52. The van der Waals surface area contributed by atoms with Gasteiger partial charge in [-0.3, -0.25) is 4.79 Å². The Kier molecular flexibility index (Phi) is 2.91. The minimum atomic E-state index is -0.0963. The molecule has 0 saturated carbocycles. The van der Waals surface area contributed by atoms with E-state index in [1.165, 1.54) is 0 Å². The van der Waals surface area contributed by atoms with Gasteiger partial charge in [0.25, 0.3) is 0 Å². The van der Waals surface area contributed by atoms with Crippen LogP contribution in [0.5, 0.6) is 0 Å². The molecule has 3 nitrogen and oxygen atoms in total. The smallest absolute Gasteiger partial charge is 0.155 e. The van der Waals surface area contributed by atoms with Crippen LogP contribution in [-0.2, 0) is 4.79 Å². The van der Waals surface area contributed by atoms with Crippen LogP contribution < -0.4 is 10.6 Å². The second kappa shape index (κ2) is 4.07. The van der Waals surface area contributed by atoms with Crippen molar-refractivity contribution >= 4 is 23.1 Å². The number of halogens is 1. The van der Waals surface area contributed by atoms with Crippen LogP contribution in [-0.4, -0.2) is 25.9 Å². The first kappa shape index (κ1) is 11.4. The number of nitrogens with two attached hydrogens (primary N) is 1. The van der Waals surface area contributed by atoms with Gasteiger partial charge in [0.2, 0.25) is 0 Å². The van der Waals surface area contributed by atoms with Crippen LogP contribution in [0, 0.1) is 6.92 Å². The van der Waals surface area contributed by atoms with Gasteiger partial charge in [0.05, 0.1) is 12.5 Å². The molecule has 1 aliphatic heterocycles. The Morgan fingerprint density at radius 3 is 2.94 bits per heavy atom. The zero-order valence-electron chi connectivity index (χ0n) is 9.46. The lowest BCUT2D eigenvalue weighted by molar-refractivity contribution is -0.118. The van der Waals surface area contributed by atoms with E-state index >= 15 is 0 Å². The molecule has 0 bridgehead atoms. The van der Waals surface area contributed by atoms with Gasteiger partial charge >= 0.3 is 0 Å². The summed E-state index contributed by atoms with van der Waals surface area (Å²) in [5.41, 5.74) is 8.60. The molecular formula is C12H15ClN2O. The lowest BCUT2D eigenvalue weighted by Crippen LogP contribution is -2.25. The molecule has 4 heteroatoms. The summed E-state index contributed by atoms with van der Waals surface area (Å²) in [4.78, 5) is 13.8. The normalized spacial score (nSPS) is 18.8. The van der Waals surface area contributed by atoms with Crippen LogP contribution in [0.15, 0.2) is 12.1 Å². The highest BCUT2D eigenvalue weighted by molar-refractivity contribution is 6.31. The topological polar surface area (TPSA) is 46.3 Å². The molecule has 0 aromatic heterocycles. The Morgan fingerprint density at radius 1 is 1.62 bits per heavy atom. The first-order valence-corrected chi connectivity index (χ1v) is 5.67. The third-order valence-corrected chi connectivity index (χ3v) is 3.61. The molecule has 1 atom stereocenters. The van der Waals surface area contributed by atoms with Crippen LogP contribution >= 0.6 is 11.6 Å². The first-order chi connectivity index (χ1) is 7.56. The minimum Gasteiger partial charge on any atom is -0.373 e. The SMILES string of the molecule is Cc1c(Cl)ccc2c1N(C)CC2C(=O)CN. The van der Waals surface area contributed by atoms with Crippen LogP contribution in [0.1, 0.15) is 17.0 Å². The average molecular weight is 239 g/mol. The van der Waals surface area contributed by atoms with E-state index in [2.05, 4.69) is 4.90 Å². The number of carbonyl (C=O) groups excluding carboxylic acids is 1. The standard InChI is InChI=1S/C12H15ClN2O/c1-7-10(13)4-3-8-9(11(16)5-14)6-15(2)12(7)8/h3-4,9H,5-6,14H2,1-2H3. The third-order valence-electron chi connectivity index (χ3n) is 3.20. The van der Waals surface area contributed by atoms with E-state index in [9.17, 15) is 4.79 Å². The second-order valence-corrected chi connectivity index (χ2v) is 4.62. The van der Waals surface area contributed by atoms with Crippen molar-refractivity contribution in [2.75, 3.05) is 25.0 Å². The number of fused-ring (bicyclic) bond motifs is 1. The Morgan fingerprint density at radius 2 is 2.31 bits per heavy atom. The van der Waals surface area contributed by atoms with E-state index in [1.807, 2.05) is 26.1 Å². The molecule has 1 aliphatic rings. The van der Waals surface area contributed by atoms with Crippen molar-refractivity contribution in [2.24, 2.45) is 5.73 Å². The monoisotopic (exact) mass is 238 g/mol. The second-order valence-electron chi connectivity index (χ2n) is 4.21. The maximum atomic E-state index is 11.7. The maximum absolute atomic E-state index is 11.7.